The second kappa shape index (κ2) is 7.68. The summed E-state index contributed by atoms with van der Waals surface area (Å²) in [4.78, 5) is 18.2. The molecule has 0 spiro atoms. The fourth-order valence-corrected chi connectivity index (χ4v) is 2.70. The molecule has 2 aromatic rings. The Bertz CT molecular complexity index is 661. The van der Waals surface area contributed by atoms with Crippen LogP contribution in [0.4, 0.5) is 5.69 Å². The first-order valence-corrected chi connectivity index (χ1v) is 7.96. The van der Waals surface area contributed by atoms with Gasteiger partial charge in [0.25, 0.3) is 5.91 Å². The predicted octanol–water partition coefficient (Wildman–Crippen LogP) is 2.18. The zero-order valence-electron chi connectivity index (χ0n) is 13.6. The first-order chi connectivity index (χ1) is 11.7. The molecule has 1 aromatic heterocycles. The van der Waals surface area contributed by atoms with Gasteiger partial charge < -0.3 is 19.7 Å². The van der Waals surface area contributed by atoms with Gasteiger partial charge in [0.15, 0.2) is 6.61 Å². The van der Waals surface area contributed by atoms with Crippen molar-refractivity contribution in [1.82, 2.24) is 9.88 Å². The number of nitrogens with one attached hydrogen (secondary N) is 1. The molecule has 1 amide bonds. The van der Waals surface area contributed by atoms with Crippen LogP contribution in [0.25, 0.3) is 0 Å². The van der Waals surface area contributed by atoms with Crippen LogP contribution < -0.4 is 14.8 Å². The quantitative estimate of drug-likeness (QED) is 0.881. The van der Waals surface area contributed by atoms with Gasteiger partial charge in [0.05, 0.1) is 12.8 Å². The van der Waals surface area contributed by atoms with Gasteiger partial charge in [0.2, 0.25) is 0 Å². The van der Waals surface area contributed by atoms with Crippen molar-refractivity contribution in [2.45, 2.75) is 12.5 Å². The van der Waals surface area contributed by atoms with Crippen molar-refractivity contribution < 1.29 is 14.3 Å². The molecule has 1 N–H and O–H groups in total. The number of hydrogen-bond donors (Lipinski definition) is 1. The number of benzene rings is 1. The van der Waals surface area contributed by atoms with Crippen molar-refractivity contribution in [2.24, 2.45) is 0 Å². The van der Waals surface area contributed by atoms with Crippen LogP contribution in [-0.4, -0.2) is 48.6 Å². The topological polar surface area (TPSA) is 63.7 Å². The zero-order chi connectivity index (χ0) is 16.8. The summed E-state index contributed by atoms with van der Waals surface area (Å²) >= 11 is 0. The molecule has 24 heavy (non-hydrogen) atoms. The molecule has 0 radical (unpaired) electrons. The van der Waals surface area contributed by atoms with Crippen LogP contribution in [-0.2, 0) is 4.79 Å². The molecule has 0 aliphatic carbocycles. The first kappa shape index (κ1) is 16.1. The highest BCUT2D eigenvalue weighted by Crippen LogP contribution is 2.18. The minimum absolute atomic E-state index is 0.00121. The van der Waals surface area contributed by atoms with Gasteiger partial charge in [0, 0.05) is 31.5 Å². The third-order valence-corrected chi connectivity index (χ3v) is 4.00. The Balaban J connectivity index is 1.45. The van der Waals surface area contributed by atoms with E-state index in [1.54, 1.807) is 31.6 Å². The molecule has 126 valence electrons. The van der Waals surface area contributed by atoms with E-state index in [0.29, 0.717) is 12.3 Å². The number of rotatable bonds is 6. The number of nitrogens with zero attached hydrogens (tertiary/aromatic N) is 2. The summed E-state index contributed by atoms with van der Waals surface area (Å²) in [5.41, 5.74) is 0.978. The molecular formula is C18H21N3O3. The van der Waals surface area contributed by atoms with E-state index in [1.807, 2.05) is 29.2 Å². The van der Waals surface area contributed by atoms with Crippen LogP contribution in [0.2, 0.25) is 0 Å². The summed E-state index contributed by atoms with van der Waals surface area (Å²) in [6, 6.07) is 11.3. The largest absolute Gasteiger partial charge is 0.497 e. The van der Waals surface area contributed by atoms with E-state index >= 15 is 0 Å². The third kappa shape index (κ3) is 4.16. The lowest BCUT2D eigenvalue weighted by molar-refractivity contribution is -0.132. The third-order valence-electron chi connectivity index (χ3n) is 4.00. The average molecular weight is 327 g/mol. The number of amides is 1. The minimum atomic E-state index is 0.00121. The minimum Gasteiger partial charge on any atom is -0.497 e. The van der Waals surface area contributed by atoms with Gasteiger partial charge in [0.1, 0.15) is 11.5 Å². The smallest absolute Gasteiger partial charge is 0.260 e. The Kier molecular flexibility index (Phi) is 5.15. The molecule has 1 unspecified atom stereocenters. The van der Waals surface area contributed by atoms with E-state index in [-0.39, 0.29) is 18.6 Å². The molecule has 1 atom stereocenters. The fourth-order valence-electron chi connectivity index (χ4n) is 2.70. The Labute approximate surface area is 141 Å². The number of pyridine rings is 1. The van der Waals surface area contributed by atoms with Crippen molar-refractivity contribution in [1.29, 1.82) is 0 Å². The van der Waals surface area contributed by atoms with Gasteiger partial charge in [-0.3, -0.25) is 9.78 Å². The lowest BCUT2D eigenvalue weighted by atomic mass is 10.2. The molecule has 1 fully saturated rings. The first-order valence-electron chi connectivity index (χ1n) is 7.96. The number of ether oxygens (including phenoxy) is 2. The van der Waals surface area contributed by atoms with Gasteiger partial charge in [-0.05, 0) is 42.8 Å². The van der Waals surface area contributed by atoms with Crippen LogP contribution in [0.5, 0.6) is 11.5 Å². The van der Waals surface area contributed by atoms with Gasteiger partial charge in [-0.15, -0.1) is 0 Å². The number of aromatic nitrogens is 1. The highest BCUT2D eigenvalue weighted by molar-refractivity contribution is 5.78. The zero-order valence-corrected chi connectivity index (χ0v) is 13.6. The van der Waals surface area contributed by atoms with Crippen LogP contribution >= 0.6 is 0 Å². The van der Waals surface area contributed by atoms with E-state index in [9.17, 15) is 4.79 Å². The molecule has 1 aromatic carbocycles. The Morgan fingerprint density at radius 1 is 1.29 bits per heavy atom. The highest BCUT2D eigenvalue weighted by Gasteiger charge is 2.26. The van der Waals surface area contributed by atoms with Crippen LogP contribution in [0.1, 0.15) is 6.42 Å². The average Bonchev–Trinajstić information content (AvgIpc) is 3.09. The standard InChI is InChI=1S/C18H21N3O3/c1-23-16-4-6-17(7-5-16)24-13-18(22)21-10-8-15(12-21)20-14-3-2-9-19-11-14/h2-7,9,11,15,20H,8,10,12-13H2,1H3. The van der Waals surface area contributed by atoms with Crippen LogP contribution in [0, 0.1) is 0 Å². The summed E-state index contributed by atoms with van der Waals surface area (Å²) < 4.78 is 10.7. The Morgan fingerprint density at radius 3 is 2.79 bits per heavy atom. The molecule has 6 nitrogen and oxygen atoms in total. The van der Waals surface area contributed by atoms with E-state index in [2.05, 4.69) is 10.3 Å². The van der Waals surface area contributed by atoms with Crippen molar-refractivity contribution in [2.75, 3.05) is 32.1 Å². The predicted molar refractivity (Wildman–Crippen MR) is 91.3 cm³/mol. The van der Waals surface area contributed by atoms with Crippen molar-refractivity contribution in [3.63, 3.8) is 0 Å². The maximum atomic E-state index is 12.3. The number of hydrogen-bond acceptors (Lipinski definition) is 5. The van der Waals surface area contributed by atoms with E-state index < -0.39 is 0 Å². The van der Waals surface area contributed by atoms with Crippen LogP contribution in [0.15, 0.2) is 48.8 Å². The number of anilines is 1. The Morgan fingerprint density at radius 2 is 2.08 bits per heavy atom. The van der Waals surface area contributed by atoms with Gasteiger partial charge in [-0.25, -0.2) is 0 Å². The van der Waals surface area contributed by atoms with Gasteiger partial charge in [-0.1, -0.05) is 0 Å². The van der Waals surface area contributed by atoms with Crippen LogP contribution in [0.3, 0.4) is 0 Å². The molecule has 3 rings (SSSR count). The monoisotopic (exact) mass is 327 g/mol. The van der Waals surface area contributed by atoms with Gasteiger partial charge >= 0.3 is 0 Å². The molecule has 0 saturated carbocycles. The second-order valence-electron chi connectivity index (χ2n) is 5.68. The molecular weight excluding hydrogens is 306 g/mol. The normalized spacial score (nSPS) is 16.7. The molecule has 2 heterocycles. The molecule has 1 saturated heterocycles. The summed E-state index contributed by atoms with van der Waals surface area (Å²) in [6.07, 6.45) is 4.45. The number of methoxy groups -OCH3 is 1. The highest BCUT2D eigenvalue weighted by atomic mass is 16.5. The van der Waals surface area contributed by atoms with Crippen molar-refractivity contribution in [3.8, 4) is 11.5 Å². The molecule has 0 bridgehead atoms. The van der Waals surface area contributed by atoms with Crippen molar-refractivity contribution >= 4 is 11.6 Å². The second-order valence-corrected chi connectivity index (χ2v) is 5.68. The van der Waals surface area contributed by atoms with E-state index in [4.69, 9.17) is 9.47 Å². The van der Waals surface area contributed by atoms with Crippen molar-refractivity contribution in [3.05, 3.63) is 48.8 Å². The maximum Gasteiger partial charge on any atom is 0.260 e. The Hall–Kier alpha value is -2.76. The van der Waals surface area contributed by atoms with E-state index in [1.165, 1.54) is 0 Å². The summed E-state index contributed by atoms with van der Waals surface area (Å²) in [6.45, 7) is 1.47. The number of carbonyl (C=O) groups is 1. The van der Waals surface area contributed by atoms with Gasteiger partial charge in [-0.2, -0.15) is 0 Å². The molecule has 1 aliphatic rings. The number of carbonyl (C=O) groups excluding carboxylic acids is 1. The number of likely N-dealkylation sites (tertiary alicyclic amines) is 1. The lowest BCUT2D eigenvalue weighted by Crippen LogP contribution is -2.35. The molecule has 6 heteroatoms. The fraction of sp³-hybridized carbons (Fsp3) is 0.333. The SMILES string of the molecule is COc1ccc(OCC(=O)N2CCC(Nc3cccnc3)C2)cc1. The lowest BCUT2D eigenvalue weighted by Gasteiger charge is -2.18. The molecule has 1 aliphatic heterocycles. The van der Waals surface area contributed by atoms with E-state index in [0.717, 1.165) is 24.4 Å². The summed E-state index contributed by atoms with van der Waals surface area (Å²) in [7, 11) is 1.61. The summed E-state index contributed by atoms with van der Waals surface area (Å²) in [5, 5.41) is 3.40. The maximum absolute atomic E-state index is 12.3. The summed E-state index contributed by atoms with van der Waals surface area (Å²) in [5.74, 6) is 1.42.